The first-order valence-electron chi connectivity index (χ1n) is 5.34. The number of nitrogens with zero attached hydrogens (tertiary/aromatic N) is 2. The van der Waals surface area contributed by atoms with Gasteiger partial charge in [0.05, 0.1) is 11.3 Å². The summed E-state index contributed by atoms with van der Waals surface area (Å²) in [5.74, 6) is 0.858. The third kappa shape index (κ3) is 2.75. The SMILES string of the molecule is CN=C1SCCN=C1c1ccc(C(F)(F)F)cc1. The summed E-state index contributed by atoms with van der Waals surface area (Å²) < 4.78 is 37.3. The van der Waals surface area contributed by atoms with Crippen LogP contribution in [0.25, 0.3) is 0 Å². The Hall–Kier alpha value is -1.30. The molecule has 0 atom stereocenters. The van der Waals surface area contributed by atoms with Crippen LogP contribution in [0.4, 0.5) is 13.2 Å². The van der Waals surface area contributed by atoms with Crippen molar-refractivity contribution in [3.63, 3.8) is 0 Å². The van der Waals surface area contributed by atoms with Crippen LogP contribution in [-0.2, 0) is 6.18 Å². The summed E-state index contributed by atoms with van der Waals surface area (Å²) in [7, 11) is 1.66. The highest BCUT2D eigenvalue weighted by molar-refractivity contribution is 8.15. The molecule has 96 valence electrons. The maximum atomic E-state index is 12.4. The number of halogens is 3. The third-order valence-electron chi connectivity index (χ3n) is 2.49. The van der Waals surface area contributed by atoms with E-state index in [2.05, 4.69) is 9.98 Å². The van der Waals surface area contributed by atoms with Crippen molar-refractivity contribution in [2.45, 2.75) is 6.18 Å². The molecule has 6 heteroatoms. The molecule has 0 radical (unpaired) electrons. The largest absolute Gasteiger partial charge is 0.416 e. The Morgan fingerprint density at radius 2 is 1.89 bits per heavy atom. The molecular weight excluding hydrogens is 261 g/mol. The maximum Gasteiger partial charge on any atom is 0.416 e. The molecule has 1 aromatic rings. The molecule has 0 spiro atoms. The van der Waals surface area contributed by atoms with Crippen LogP contribution in [-0.4, -0.2) is 30.1 Å². The molecule has 2 rings (SSSR count). The molecule has 2 nitrogen and oxygen atoms in total. The van der Waals surface area contributed by atoms with Gasteiger partial charge < -0.3 is 0 Å². The number of thioether (sulfide) groups is 1. The van der Waals surface area contributed by atoms with Crippen LogP contribution < -0.4 is 0 Å². The van der Waals surface area contributed by atoms with E-state index in [1.54, 1.807) is 18.8 Å². The van der Waals surface area contributed by atoms with E-state index in [4.69, 9.17) is 0 Å². The fourth-order valence-corrected chi connectivity index (χ4v) is 2.46. The molecule has 1 aromatic carbocycles. The minimum atomic E-state index is -4.30. The first-order valence-corrected chi connectivity index (χ1v) is 6.33. The van der Waals surface area contributed by atoms with Crippen LogP contribution in [0.15, 0.2) is 34.3 Å². The predicted octanol–water partition coefficient (Wildman–Crippen LogP) is 3.27. The molecule has 1 aliphatic heterocycles. The highest BCUT2D eigenvalue weighted by Crippen LogP contribution is 2.29. The molecule has 0 unspecified atom stereocenters. The lowest BCUT2D eigenvalue weighted by Gasteiger charge is -2.14. The Morgan fingerprint density at radius 3 is 2.44 bits per heavy atom. The maximum absolute atomic E-state index is 12.4. The topological polar surface area (TPSA) is 24.7 Å². The molecule has 1 aliphatic rings. The molecule has 1 heterocycles. The van der Waals surface area contributed by atoms with Crippen LogP contribution in [0.1, 0.15) is 11.1 Å². The van der Waals surface area contributed by atoms with Gasteiger partial charge in [0.15, 0.2) is 0 Å². The van der Waals surface area contributed by atoms with Crippen molar-refractivity contribution < 1.29 is 13.2 Å². The first kappa shape index (κ1) is 13.1. The summed E-state index contributed by atoms with van der Waals surface area (Å²) in [5, 5.41) is 0.779. The van der Waals surface area contributed by atoms with Crippen molar-refractivity contribution in [2.24, 2.45) is 9.98 Å². The van der Waals surface area contributed by atoms with Gasteiger partial charge in [-0.1, -0.05) is 12.1 Å². The Labute approximate surface area is 107 Å². The lowest BCUT2D eigenvalue weighted by molar-refractivity contribution is -0.137. The molecule has 0 fully saturated rings. The zero-order valence-corrected chi connectivity index (χ0v) is 10.5. The Balaban J connectivity index is 2.32. The molecule has 0 aliphatic carbocycles. The van der Waals surface area contributed by atoms with Crippen molar-refractivity contribution in [3.05, 3.63) is 35.4 Å². The summed E-state index contributed by atoms with van der Waals surface area (Å²) in [6, 6.07) is 5.03. The van der Waals surface area contributed by atoms with Gasteiger partial charge in [0.2, 0.25) is 0 Å². The van der Waals surface area contributed by atoms with Gasteiger partial charge in [-0.05, 0) is 12.1 Å². The highest BCUT2D eigenvalue weighted by atomic mass is 32.2. The summed E-state index contributed by atoms with van der Waals surface area (Å²) in [5.41, 5.74) is 0.712. The number of rotatable bonds is 1. The number of aliphatic imine (C=N–C) groups is 2. The third-order valence-corrected chi connectivity index (χ3v) is 3.53. The minimum Gasteiger partial charge on any atom is -0.281 e. The number of hydrogen-bond donors (Lipinski definition) is 0. The number of alkyl halides is 3. The van der Waals surface area contributed by atoms with Gasteiger partial charge >= 0.3 is 6.18 Å². The van der Waals surface area contributed by atoms with E-state index in [-0.39, 0.29) is 0 Å². The smallest absolute Gasteiger partial charge is 0.281 e. The predicted molar refractivity (Wildman–Crippen MR) is 68.7 cm³/mol. The summed E-state index contributed by atoms with van der Waals surface area (Å²) in [6.07, 6.45) is -4.30. The lowest BCUT2D eigenvalue weighted by Crippen LogP contribution is -2.19. The second kappa shape index (κ2) is 5.14. The van der Waals surface area contributed by atoms with Gasteiger partial charge in [-0.15, -0.1) is 11.8 Å². The van der Waals surface area contributed by atoms with Crippen molar-refractivity contribution >= 4 is 22.5 Å². The van der Waals surface area contributed by atoms with E-state index in [1.165, 1.54) is 12.1 Å². The monoisotopic (exact) mass is 272 g/mol. The number of benzene rings is 1. The van der Waals surface area contributed by atoms with Gasteiger partial charge in [-0.3, -0.25) is 9.98 Å². The van der Waals surface area contributed by atoms with Crippen molar-refractivity contribution in [2.75, 3.05) is 19.3 Å². The standard InChI is InChI=1S/C12H11F3N2S/c1-16-11-10(17-6-7-18-11)8-2-4-9(5-3-8)12(13,14)15/h2-5H,6-7H2,1H3. The van der Waals surface area contributed by atoms with Gasteiger partial charge in [-0.25, -0.2) is 0 Å². The normalized spacial score (nSPS) is 18.9. The molecule has 0 amide bonds. The second-order valence-corrected chi connectivity index (χ2v) is 4.77. The van der Waals surface area contributed by atoms with Gasteiger partial charge in [0.1, 0.15) is 5.04 Å². The average Bonchev–Trinajstić information content (AvgIpc) is 2.38. The van der Waals surface area contributed by atoms with E-state index in [1.807, 2.05) is 0 Å². The van der Waals surface area contributed by atoms with Crippen LogP contribution in [0.5, 0.6) is 0 Å². The van der Waals surface area contributed by atoms with Gasteiger partial charge in [0, 0.05) is 24.9 Å². The molecule has 0 saturated heterocycles. The minimum absolute atomic E-state index is 0.648. The Bertz CT molecular complexity index is 489. The highest BCUT2D eigenvalue weighted by Gasteiger charge is 2.30. The Kier molecular flexibility index (Phi) is 3.75. The van der Waals surface area contributed by atoms with E-state index in [0.717, 1.165) is 22.9 Å². The zero-order chi connectivity index (χ0) is 13.2. The van der Waals surface area contributed by atoms with Crippen molar-refractivity contribution in [1.29, 1.82) is 0 Å². The van der Waals surface area contributed by atoms with Crippen LogP contribution >= 0.6 is 11.8 Å². The van der Waals surface area contributed by atoms with Crippen molar-refractivity contribution in [1.82, 2.24) is 0 Å². The van der Waals surface area contributed by atoms with Crippen LogP contribution in [0.2, 0.25) is 0 Å². The number of hydrogen-bond acceptors (Lipinski definition) is 3. The van der Waals surface area contributed by atoms with E-state index in [0.29, 0.717) is 17.8 Å². The zero-order valence-electron chi connectivity index (χ0n) is 9.66. The van der Waals surface area contributed by atoms with Gasteiger partial charge in [-0.2, -0.15) is 13.2 Å². The Morgan fingerprint density at radius 1 is 1.22 bits per heavy atom. The van der Waals surface area contributed by atoms with Crippen LogP contribution in [0, 0.1) is 0 Å². The molecular formula is C12H11F3N2S. The molecule has 18 heavy (non-hydrogen) atoms. The van der Waals surface area contributed by atoms with E-state index >= 15 is 0 Å². The van der Waals surface area contributed by atoms with E-state index in [9.17, 15) is 13.2 Å². The summed E-state index contributed by atoms with van der Waals surface area (Å²) in [4.78, 5) is 8.43. The lowest BCUT2D eigenvalue weighted by atomic mass is 10.1. The van der Waals surface area contributed by atoms with Gasteiger partial charge in [0.25, 0.3) is 0 Å². The summed E-state index contributed by atoms with van der Waals surface area (Å²) >= 11 is 1.57. The molecule has 0 aromatic heterocycles. The second-order valence-electron chi connectivity index (χ2n) is 3.68. The van der Waals surface area contributed by atoms with Crippen molar-refractivity contribution in [3.8, 4) is 0 Å². The molecule has 0 saturated carbocycles. The fourth-order valence-electron chi connectivity index (χ4n) is 1.64. The quantitative estimate of drug-likeness (QED) is 0.770. The average molecular weight is 272 g/mol. The van der Waals surface area contributed by atoms with Crippen LogP contribution in [0.3, 0.4) is 0 Å². The summed E-state index contributed by atoms with van der Waals surface area (Å²) in [6.45, 7) is 0.667. The fraction of sp³-hybridized carbons (Fsp3) is 0.333. The van der Waals surface area contributed by atoms with E-state index < -0.39 is 11.7 Å². The first-order chi connectivity index (χ1) is 8.52. The molecule has 0 N–H and O–H groups in total. The molecule has 0 bridgehead atoms.